The summed E-state index contributed by atoms with van der Waals surface area (Å²) in [4.78, 5) is 49.5. The zero-order valence-corrected chi connectivity index (χ0v) is 26.9. The largest absolute Gasteiger partial charge is 0.513 e. The van der Waals surface area contributed by atoms with Gasteiger partial charge in [-0.3, -0.25) is 9.59 Å². The first-order valence-corrected chi connectivity index (χ1v) is 14.0. The highest BCUT2D eigenvalue weighted by Gasteiger charge is 2.36. The Morgan fingerprint density at radius 2 is 1.26 bits per heavy atom. The van der Waals surface area contributed by atoms with Crippen molar-refractivity contribution in [3.8, 4) is 11.5 Å². The maximum Gasteiger partial charge on any atom is 0.513 e. The summed E-state index contributed by atoms with van der Waals surface area (Å²) in [5.74, 6) is -3.53. The molecule has 0 saturated carbocycles. The standard InChI is InChI=1S/C31H49NO10/c1-18(19(2)40-23(33)15-29(3,4)5)24(25(32)26(34)35)20-12-13-21(41-27(36)38-16-30(6,7)8)22(14-20)42-28(37)39-17-31(9,10)11/h12-14,18-19,24-25H,15-17,32H2,1-11H3,(H,34,35)/t18?,19?,24?,25-/m0/s1. The Bertz CT molecular complexity index is 1090. The molecule has 11 heteroatoms. The summed E-state index contributed by atoms with van der Waals surface area (Å²) in [7, 11) is 0. The van der Waals surface area contributed by atoms with Crippen molar-refractivity contribution < 1.29 is 48.0 Å². The summed E-state index contributed by atoms with van der Waals surface area (Å²) in [6.45, 7) is 20.5. The molecule has 0 aliphatic carbocycles. The number of hydrogen-bond donors (Lipinski definition) is 2. The maximum absolute atomic E-state index is 12.6. The van der Waals surface area contributed by atoms with Crippen LogP contribution >= 0.6 is 0 Å². The zero-order chi connectivity index (χ0) is 32.6. The number of carboxylic acids is 1. The molecule has 0 amide bonds. The van der Waals surface area contributed by atoms with Gasteiger partial charge in [-0.15, -0.1) is 0 Å². The van der Waals surface area contributed by atoms with E-state index in [0.29, 0.717) is 5.56 Å². The van der Waals surface area contributed by atoms with Gasteiger partial charge in [0.1, 0.15) is 12.1 Å². The van der Waals surface area contributed by atoms with E-state index in [9.17, 15) is 24.3 Å². The lowest BCUT2D eigenvalue weighted by Gasteiger charge is -2.32. The molecule has 0 aliphatic rings. The van der Waals surface area contributed by atoms with E-state index in [0.717, 1.165) is 0 Å². The summed E-state index contributed by atoms with van der Waals surface area (Å²) in [6, 6.07) is 2.81. The van der Waals surface area contributed by atoms with E-state index in [1.165, 1.54) is 18.2 Å². The lowest BCUT2D eigenvalue weighted by molar-refractivity contribution is -0.153. The molecule has 0 fully saturated rings. The Kier molecular flexibility index (Phi) is 12.8. The van der Waals surface area contributed by atoms with Crippen LogP contribution in [-0.2, 0) is 23.8 Å². The Hall–Kier alpha value is -3.34. The van der Waals surface area contributed by atoms with Gasteiger partial charge < -0.3 is 34.5 Å². The number of nitrogens with two attached hydrogens (primary N) is 1. The number of carbonyl (C=O) groups is 4. The second kappa shape index (κ2) is 14.7. The predicted molar refractivity (Wildman–Crippen MR) is 156 cm³/mol. The number of benzene rings is 1. The van der Waals surface area contributed by atoms with Crippen molar-refractivity contribution in [2.45, 2.75) is 101 Å². The molecule has 0 aliphatic heterocycles. The van der Waals surface area contributed by atoms with Crippen LogP contribution in [0.1, 0.15) is 94.1 Å². The molecule has 1 aromatic carbocycles. The number of esters is 1. The van der Waals surface area contributed by atoms with E-state index in [1.54, 1.807) is 13.8 Å². The van der Waals surface area contributed by atoms with E-state index in [4.69, 9.17) is 29.4 Å². The molecule has 238 valence electrons. The van der Waals surface area contributed by atoms with E-state index in [1.807, 2.05) is 62.3 Å². The first-order chi connectivity index (χ1) is 19.0. The number of aliphatic carboxylic acids is 1. The number of carboxylic acid groups (broad SMARTS) is 1. The molecule has 0 saturated heterocycles. The highest BCUT2D eigenvalue weighted by molar-refractivity contribution is 5.75. The van der Waals surface area contributed by atoms with Crippen molar-refractivity contribution in [1.29, 1.82) is 0 Å². The fourth-order valence-electron chi connectivity index (χ4n) is 3.76. The molecular formula is C31H49NO10. The van der Waals surface area contributed by atoms with Crippen LogP contribution in [0.2, 0.25) is 0 Å². The van der Waals surface area contributed by atoms with Crippen LogP contribution in [0, 0.1) is 22.2 Å². The second-order valence-electron chi connectivity index (χ2n) is 14.3. The van der Waals surface area contributed by atoms with Crippen LogP contribution in [0.3, 0.4) is 0 Å². The highest BCUT2D eigenvalue weighted by atomic mass is 16.7. The zero-order valence-electron chi connectivity index (χ0n) is 26.9. The van der Waals surface area contributed by atoms with Gasteiger partial charge in [0.2, 0.25) is 0 Å². The van der Waals surface area contributed by atoms with Crippen molar-refractivity contribution in [2.24, 2.45) is 27.9 Å². The topological polar surface area (TPSA) is 161 Å². The first-order valence-electron chi connectivity index (χ1n) is 14.0. The molecule has 0 heterocycles. The molecule has 42 heavy (non-hydrogen) atoms. The predicted octanol–water partition coefficient (Wildman–Crippen LogP) is 6.31. The molecule has 4 atom stereocenters. The van der Waals surface area contributed by atoms with Crippen LogP contribution in [0.4, 0.5) is 9.59 Å². The fourth-order valence-corrected chi connectivity index (χ4v) is 3.76. The van der Waals surface area contributed by atoms with Crippen LogP contribution < -0.4 is 15.2 Å². The van der Waals surface area contributed by atoms with Gasteiger partial charge in [0.25, 0.3) is 0 Å². The van der Waals surface area contributed by atoms with Crippen LogP contribution in [0.25, 0.3) is 0 Å². The molecule has 1 rings (SSSR count). The molecule has 11 nitrogen and oxygen atoms in total. The summed E-state index contributed by atoms with van der Waals surface area (Å²) in [6.07, 6.45) is -2.60. The third-order valence-electron chi connectivity index (χ3n) is 5.96. The lowest BCUT2D eigenvalue weighted by Crippen LogP contribution is -2.42. The summed E-state index contributed by atoms with van der Waals surface area (Å²) in [5.41, 5.74) is 5.53. The van der Waals surface area contributed by atoms with Gasteiger partial charge in [0, 0.05) is 11.8 Å². The van der Waals surface area contributed by atoms with Crippen LogP contribution in [0.15, 0.2) is 18.2 Å². The molecule has 0 radical (unpaired) electrons. The van der Waals surface area contributed by atoms with E-state index in [2.05, 4.69) is 0 Å². The summed E-state index contributed by atoms with van der Waals surface area (Å²) >= 11 is 0. The fraction of sp³-hybridized carbons (Fsp3) is 0.677. The quantitative estimate of drug-likeness (QED) is 0.168. The minimum atomic E-state index is -1.41. The number of rotatable bonds is 11. The molecule has 0 aromatic heterocycles. The molecular weight excluding hydrogens is 546 g/mol. The normalized spacial score (nSPS) is 15.0. The van der Waals surface area contributed by atoms with Gasteiger partial charge in [-0.05, 0) is 40.9 Å². The minimum Gasteiger partial charge on any atom is -0.480 e. The Balaban J connectivity index is 3.44. The van der Waals surface area contributed by atoms with E-state index in [-0.39, 0.29) is 47.4 Å². The summed E-state index contributed by atoms with van der Waals surface area (Å²) < 4.78 is 26.7. The molecule has 0 bridgehead atoms. The third-order valence-corrected chi connectivity index (χ3v) is 5.96. The smallest absolute Gasteiger partial charge is 0.480 e. The third kappa shape index (κ3) is 13.5. The van der Waals surface area contributed by atoms with Gasteiger partial charge in [-0.2, -0.15) is 0 Å². The van der Waals surface area contributed by atoms with Gasteiger partial charge in [-0.25, -0.2) is 9.59 Å². The Morgan fingerprint density at radius 3 is 1.69 bits per heavy atom. The number of ether oxygens (including phenoxy) is 5. The van der Waals surface area contributed by atoms with Crippen molar-refractivity contribution in [1.82, 2.24) is 0 Å². The Morgan fingerprint density at radius 1 is 0.786 bits per heavy atom. The van der Waals surface area contributed by atoms with Gasteiger partial charge in [-0.1, -0.05) is 75.3 Å². The molecule has 3 unspecified atom stereocenters. The van der Waals surface area contributed by atoms with Gasteiger partial charge in [0.05, 0.1) is 19.6 Å². The van der Waals surface area contributed by atoms with E-state index >= 15 is 0 Å². The highest BCUT2D eigenvalue weighted by Crippen LogP contribution is 2.38. The summed E-state index contributed by atoms with van der Waals surface area (Å²) in [5, 5.41) is 9.81. The number of hydrogen-bond acceptors (Lipinski definition) is 10. The van der Waals surface area contributed by atoms with Crippen molar-refractivity contribution >= 4 is 24.2 Å². The average molecular weight is 596 g/mol. The van der Waals surface area contributed by atoms with Crippen molar-refractivity contribution in [3.05, 3.63) is 23.8 Å². The second-order valence-corrected chi connectivity index (χ2v) is 14.3. The molecule has 3 N–H and O–H groups in total. The van der Waals surface area contributed by atoms with Crippen molar-refractivity contribution in [2.75, 3.05) is 13.2 Å². The van der Waals surface area contributed by atoms with Crippen molar-refractivity contribution in [3.63, 3.8) is 0 Å². The van der Waals surface area contributed by atoms with E-state index < -0.39 is 48.2 Å². The average Bonchev–Trinajstić information content (AvgIpc) is 2.80. The van der Waals surface area contributed by atoms with Crippen LogP contribution in [0.5, 0.6) is 11.5 Å². The monoisotopic (exact) mass is 595 g/mol. The SMILES string of the molecule is CC(OC(=O)CC(C)(C)C)C(C)C(c1ccc(OC(=O)OCC(C)(C)C)c(OC(=O)OCC(C)(C)C)c1)[C@H](N)C(=O)O. The van der Waals surface area contributed by atoms with Crippen LogP contribution in [-0.4, -0.2) is 54.7 Å². The van der Waals surface area contributed by atoms with Gasteiger partial charge >= 0.3 is 24.2 Å². The molecule has 0 spiro atoms. The minimum absolute atomic E-state index is 0.0519. The molecule has 1 aromatic rings. The number of carbonyl (C=O) groups excluding carboxylic acids is 3. The maximum atomic E-state index is 12.6. The lowest BCUT2D eigenvalue weighted by atomic mass is 9.79. The van der Waals surface area contributed by atoms with Gasteiger partial charge in [0.15, 0.2) is 11.5 Å². The Labute approximate surface area is 249 Å². The first kappa shape index (κ1) is 36.7.